The lowest BCUT2D eigenvalue weighted by Gasteiger charge is -2.03. The van der Waals surface area contributed by atoms with Crippen molar-refractivity contribution in [3.63, 3.8) is 0 Å². The molecule has 0 saturated carbocycles. The molecule has 0 aliphatic heterocycles. The van der Waals surface area contributed by atoms with Gasteiger partial charge in [-0.2, -0.15) is 0 Å². The second kappa shape index (κ2) is 5.66. The Kier molecular flexibility index (Phi) is 5.69. The molecule has 0 saturated heterocycles. The second-order valence-electron chi connectivity index (χ2n) is 2.49. The Bertz CT molecular complexity index is 235. The van der Waals surface area contributed by atoms with E-state index in [1.165, 1.54) is 0 Å². The molecule has 0 aliphatic carbocycles. The molecule has 1 N–H and O–H groups in total. The molecule has 0 fully saturated rings. The van der Waals surface area contributed by atoms with E-state index in [2.05, 4.69) is 4.72 Å². The summed E-state index contributed by atoms with van der Waals surface area (Å²) >= 11 is 0. The molecule has 0 radical (unpaired) electrons. The van der Waals surface area contributed by atoms with Gasteiger partial charge >= 0.3 is 0 Å². The van der Waals surface area contributed by atoms with Gasteiger partial charge in [-0.25, -0.2) is 13.1 Å². The van der Waals surface area contributed by atoms with Crippen LogP contribution < -0.4 is 4.72 Å². The number of hydrogen-bond acceptors (Lipinski definition) is 3. The Morgan fingerprint density at radius 1 is 1.42 bits per heavy atom. The highest BCUT2D eigenvalue weighted by Gasteiger charge is 2.06. The molecular formula is C6H15NO3S2. The molecule has 0 heterocycles. The van der Waals surface area contributed by atoms with E-state index in [0.717, 1.165) is 0 Å². The average molecular weight is 213 g/mol. The standard InChI is InChI=1S/C6H15NO3S2/c1-3-6-12(9,10)7-4-5-11(2)8/h7H,3-6H2,1-2H3. The fraction of sp³-hybridized carbons (Fsp3) is 1.00. The third-order valence-corrected chi connectivity index (χ3v) is 3.55. The Hall–Kier alpha value is 0.0600. The van der Waals surface area contributed by atoms with Crippen LogP contribution in [0.15, 0.2) is 0 Å². The molecule has 6 heteroatoms. The molecule has 0 aromatic rings. The van der Waals surface area contributed by atoms with Crippen molar-refractivity contribution in [3.05, 3.63) is 0 Å². The van der Waals surface area contributed by atoms with Crippen LogP contribution in [0.25, 0.3) is 0 Å². The van der Waals surface area contributed by atoms with Gasteiger partial charge in [0.1, 0.15) is 0 Å². The molecule has 0 bridgehead atoms. The van der Waals surface area contributed by atoms with Crippen LogP contribution in [0.1, 0.15) is 13.3 Å². The van der Waals surface area contributed by atoms with Gasteiger partial charge < -0.3 is 0 Å². The van der Waals surface area contributed by atoms with E-state index in [1.807, 2.05) is 0 Å². The van der Waals surface area contributed by atoms with Crippen molar-refractivity contribution in [1.82, 2.24) is 4.72 Å². The van der Waals surface area contributed by atoms with Gasteiger partial charge in [-0.1, -0.05) is 6.92 Å². The summed E-state index contributed by atoms with van der Waals surface area (Å²) in [7, 11) is -4.04. The van der Waals surface area contributed by atoms with Gasteiger partial charge in [0.15, 0.2) is 0 Å². The fourth-order valence-corrected chi connectivity index (χ4v) is 2.30. The largest absolute Gasteiger partial charge is 0.260 e. The van der Waals surface area contributed by atoms with Crippen LogP contribution in [0, 0.1) is 0 Å². The van der Waals surface area contributed by atoms with Gasteiger partial charge in [-0.15, -0.1) is 0 Å². The molecule has 0 spiro atoms. The molecule has 74 valence electrons. The maximum atomic E-state index is 11.0. The number of rotatable bonds is 6. The van der Waals surface area contributed by atoms with Crippen LogP contribution in [0.5, 0.6) is 0 Å². The highest BCUT2D eigenvalue weighted by Crippen LogP contribution is 1.87. The minimum Gasteiger partial charge on any atom is -0.260 e. The maximum Gasteiger partial charge on any atom is 0.211 e. The van der Waals surface area contributed by atoms with E-state index in [4.69, 9.17) is 0 Å². The third-order valence-electron chi connectivity index (χ3n) is 1.18. The third kappa shape index (κ3) is 6.75. The second-order valence-corrected chi connectivity index (χ2v) is 5.97. The molecule has 0 amide bonds. The Morgan fingerprint density at radius 2 is 2.00 bits per heavy atom. The minimum absolute atomic E-state index is 0.142. The van der Waals surface area contributed by atoms with Crippen molar-refractivity contribution in [3.8, 4) is 0 Å². The summed E-state index contributed by atoms with van der Waals surface area (Å²) in [4.78, 5) is 0. The van der Waals surface area contributed by atoms with Gasteiger partial charge in [-0.05, 0) is 6.42 Å². The normalized spacial score (nSPS) is 14.5. The van der Waals surface area contributed by atoms with Gasteiger partial charge in [0, 0.05) is 29.4 Å². The summed E-state index contributed by atoms with van der Waals surface area (Å²) in [5, 5.41) is 0. The van der Waals surface area contributed by atoms with Gasteiger partial charge in [0.25, 0.3) is 0 Å². The van der Waals surface area contributed by atoms with Gasteiger partial charge in [0.2, 0.25) is 10.0 Å². The number of sulfonamides is 1. The summed E-state index contributed by atoms with van der Waals surface area (Å²) < 4.78 is 34.9. The van der Waals surface area contributed by atoms with Crippen molar-refractivity contribution < 1.29 is 12.6 Å². The smallest absolute Gasteiger partial charge is 0.211 e. The maximum absolute atomic E-state index is 11.0. The van der Waals surface area contributed by atoms with Crippen LogP contribution in [-0.4, -0.2) is 36.9 Å². The lowest BCUT2D eigenvalue weighted by atomic mass is 10.6. The first-order valence-electron chi connectivity index (χ1n) is 3.75. The zero-order valence-corrected chi connectivity index (χ0v) is 9.00. The van der Waals surface area contributed by atoms with Gasteiger partial charge in [-0.3, -0.25) is 4.21 Å². The Morgan fingerprint density at radius 3 is 2.42 bits per heavy atom. The van der Waals surface area contributed by atoms with Crippen molar-refractivity contribution in [1.29, 1.82) is 0 Å². The lowest BCUT2D eigenvalue weighted by Crippen LogP contribution is -2.29. The van der Waals surface area contributed by atoms with Gasteiger partial charge in [0.05, 0.1) is 5.75 Å². The molecule has 4 nitrogen and oxygen atoms in total. The minimum atomic E-state index is -3.11. The topological polar surface area (TPSA) is 63.2 Å². The van der Waals surface area contributed by atoms with Crippen molar-refractivity contribution in [2.45, 2.75) is 13.3 Å². The molecule has 0 rings (SSSR count). The monoisotopic (exact) mass is 213 g/mol. The summed E-state index contributed by atoms with van der Waals surface area (Å²) in [6, 6.07) is 0. The van der Waals surface area contributed by atoms with Crippen LogP contribution in [-0.2, 0) is 20.8 Å². The highest BCUT2D eigenvalue weighted by molar-refractivity contribution is 7.89. The molecule has 12 heavy (non-hydrogen) atoms. The van der Waals surface area contributed by atoms with E-state index in [9.17, 15) is 12.6 Å². The molecule has 0 aromatic carbocycles. The molecule has 1 atom stereocenters. The van der Waals surface area contributed by atoms with E-state index in [0.29, 0.717) is 12.2 Å². The van der Waals surface area contributed by atoms with Crippen molar-refractivity contribution in [2.24, 2.45) is 0 Å². The van der Waals surface area contributed by atoms with E-state index < -0.39 is 20.8 Å². The van der Waals surface area contributed by atoms with Crippen LogP contribution >= 0.6 is 0 Å². The Labute approximate surface area is 76.2 Å². The molecule has 0 aliphatic rings. The van der Waals surface area contributed by atoms with Crippen LogP contribution in [0.4, 0.5) is 0 Å². The highest BCUT2D eigenvalue weighted by atomic mass is 32.2. The fourth-order valence-electron chi connectivity index (χ4n) is 0.682. The first-order chi connectivity index (χ1) is 5.48. The predicted molar refractivity (Wildman–Crippen MR) is 51.0 cm³/mol. The summed E-state index contributed by atoms with van der Waals surface area (Å²) in [6.07, 6.45) is 2.15. The molecule has 1 unspecified atom stereocenters. The summed E-state index contributed by atoms with van der Waals surface area (Å²) in [5.41, 5.74) is 0. The summed E-state index contributed by atoms with van der Waals surface area (Å²) in [6.45, 7) is 2.07. The quantitative estimate of drug-likeness (QED) is 0.658. The predicted octanol–water partition coefficient (Wildman–Crippen LogP) is -0.306. The first-order valence-corrected chi connectivity index (χ1v) is 7.13. The summed E-state index contributed by atoms with van der Waals surface area (Å²) in [5.74, 6) is 0.520. The Balaban J connectivity index is 3.69. The van der Waals surface area contributed by atoms with Crippen molar-refractivity contribution in [2.75, 3.05) is 24.3 Å². The average Bonchev–Trinajstić information content (AvgIpc) is 1.85. The zero-order valence-electron chi connectivity index (χ0n) is 7.37. The zero-order chi connectivity index (χ0) is 9.61. The molecular weight excluding hydrogens is 198 g/mol. The van der Waals surface area contributed by atoms with E-state index in [1.54, 1.807) is 13.2 Å². The SMILES string of the molecule is CCCS(=O)(=O)NCCS(C)=O. The molecule has 0 aromatic heterocycles. The van der Waals surface area contributed by atoms with E-state index in [-0.39, 0.29) is 12.3 Å². The van der Waals surface area contributed by atoms with Crippen LogP contribution in [0.3, 0.4) is 0 Å². The number of hydrogen-bond donors (Lipinski definition) is 1. The first kappa shape index (κ1) is 12.1. The van der Waals surface area contributed by atoms with Crippen LogP contribution in [0.2, 0.25) is 0 Å². The number of nitrogens with one attached hydrogen (secondary N) is 1. The van der Waals surface area contributed by atoms with E-state index >= 15 is 0 Å². The lowest BCUT2D eigenvalue weighted by molar-refractivity contribution is 0.582. The van der Waals surface area contributed by atoms with Crippen molar-refractivity contribution >= 4 is 20.8 Å².